The Morgan fingerprint density at radius 3 is 2.94 bits per heavy atom. The highest BCUT2D eigenvalue weighted by atomic mass is 32.2. The number of hydrogen-bond acceptors (Lipinski definition) is 4. The van der Waals surface area contributed by atoms with Crippen molar-refractivity contribution in [3.63, 3.8) is 0 Å². The van der Waals surface area contributed by atoms with E-state index in [4.69, 9.17) is 10.4 Å². The number of nitrogens with zero attached hydrogens (tertiary/aromatic N) is 2. The third-order valence-corrected chi connectivity index (χ3v) is 3.00. The molecule has 1 N–H and O–H groups in total. The maximum Gasteiger partial charge on any atom is 0.304 e. The molecule has 0 radical (unpaired) electrons. The van der Waals surface area contributed by atoms with Gasteiger partial charge in [0.1, 0.15) is 11.1 Å². The predicted octanol–water partition coefficient (Wildman–Crippen LogP) is 2.22. The number of carboxylic acid groups (broad SMARTS) is 1. The molecule has 84 valence electrons. The number of aliphatic carboxylic acids is 1. The van der Waals surface area contributed by atoms with Crippen LogP contribution in [0, 0.1) is 18.3 Å². The highest BCUT2D eigenvalue weighted by Crippen LogP contribution is 2.26. The summed E-state index contributed by atoms with van der Waals surface area (Å²) in [6.45, 7) is 3.65. The summed E-state index contributed by atoms with van der Waals surface area (Å²) < 4.78 is 0. The summed E-state index contributed by atoms with van der Waals surface area (Å²) in [5.74, 6) is -0.842. The third-order valence-electron chi connectivity index (χ3n) is 1.89. The lowest BCUT2D eigenvalue weighted by molar-refractivity contribution is -0.136. The van der Waals surface area contributed by atoms with Gasteiger partial charge in [0, 0.05) is 10.9 Å². The van der Waals surface area contributed by atoms with Gasteiger partial charge in [0.15, 0.2) is 0 Å². The van der Waals surface area contributed by atoms with Crippen molar-refractivity contribution < 1.29 is 9.90 Å². The van der Waals surface area contributed by atoms with Crippen molar-refractivity contribution in [2.75, 3.05) is 0 Å². The van der Waals surface area contributed by atoms with Crippen LogP contribution in [-0.2, 0) is 4.79 Å². The number of hydrogen-bond donors (Lipinski definition) is 1. The summed E-state index contributed by atoms with van der Waals surface area (Å²) >= 11 is 1.32. The summed E-state index contributed by atoms with van der Waals surface area (Å²) in [6, 6.07) is 5.53. The quantitative estimate of drug-likeness (QED) is 0.811. The summed E-state index contributed by atoms with van der Waals surface area (Å²) in [5, 5.41) is 18.0. The van der Waals surface area contributed by atoms with E-state index in [0.29, 0.717) is 10.6 Å². The maximum absolute atomic E-state index is 10.5. The zero-order valence-corrected chi connectivity index (χ0v) is 9.91. The zero-order chi connectivity index (χ0) is 12.1. The summed E-state index contributed by atoms with van der Waals surface area (Å²) in [6.07, 6.45) is 0.0607. The molecule has 0 aliphatic carbocycles. The second kappa shape index (κ2) is 5.52. The minimum absolute atomic E-state index is 0.0607. The van der Waals surface area contributed by atoms with Gasteiger partial charge in [-0.15, -0.1) is 11.8 Å². The van der Waals surface area contributed by atoms with E-state index in [9.17, 15) is 4.79 Å². The van der Waals surface area contributed by atoms with Gasteiger partial charge in [0.25, 0.3) is 0 Å². The van der Waals surface area contributed by atoms with E-state index in [1.165, 1.54) is 11.8 Å². The Labute approximate surface area is 98.3 Å². The first-order chi connectivity index (χ1) is 7.52. The SMILES string of the molecule is Cc1ccc(C#N)c(SC(C)CC(=O)O)n1. The first-order valence-corrected chi connectivity index (χ1v) is 5.67. The van der Waals surface area contributed by atoms with Crippen LogP contribution in [0.25, 0.3) is 0 Å². The Morgan fingerprint density at radius 1 is 1.69 bits per heavy atom. The number of carboxylic acids is 1. The van der Waals surface area contributed by atoms with E-state index in [1.807, 2.05) is 13.8 Å². The minimum atomic E-state index is -0.842. The lowest BCUT2D eigenvalue weighted by Gasteiger charge is -2.09. The van der Waals surface area contributed by atoms with Crippen LogP contribution in [0.2, 0.25) is 0 Å². The van der Waals surface area contributed by atoms with E-state index in [0.717, 1.165) is 5.69 Å². The molecule has 1 rings (SSSR count). The van der Waals surface area contributed by atoms with Crippen LogP contribution >= 0.6 is 11.8 Å². The molecule has 0 spiro atoms. The molecule has 0 saturated carbocycles. The van der Waals surface area contributed by atoms with Crippen molar-refractivity contribution in [1.29, 1.82) is 5.26 Å². The standard InChI is InChI=1S/C11H12N2O2S/c1-7-3-4-9(6-12)11(13-7)16-8(2)5-10(14)15/h3-4,8H,5H2,1-2H3,(H,14,15). The van der Waals surface area contributed by atoms with Gasteiger partial charge < -0.3 is 5.11 Å². The molecule has 0 aliphatic rings. The van der Waals surface area contributed by atoms with E-state index in [1.54, 1.807) is 12.1 Å². The van der Waals surface area contributed by atoms with Crippen LogP contribution in [0.4, 0.5) is 0 Å². The Bertz CT molecular complexity index is 440. The number of pyridine rings is 1. The Balaban J connectivity index is 2.84. The van der Waals surface area contributed by atoms with Crippen LogP contribution in [0.15, 0.2) is 17.2 Å². The fraction of sp³-hybridized carbons (Fsp3) is 0.364. The lowest BCUT2D eigenvalue weighted by atomic mass is 10.3. The van der Waals surface area contributed by atoms with Crippen molar-refractivity contribution in [3.05, 3.63) is 23.4 Å². The molecule has 0 fully saturated rings. The summed E-state index contributed by atoms with van der Waals surface area (Å²) in [4.78, 5) is 14.8. The topological polar surface area (TPSA) is 74.0 Å². The molecular formula is C11H12N2O2S. The lowest BCUT2D eigenvalue weighted by Crippen LogP contribution is -2.06. The second-order valence-electron chi connectivity index (χ2n) is 3.44. The number of nitriles is 1. The molecule has 1 aromatic heterocycles. The molecule has 1 unspecified atom stereocenters. The Hall–Kier alpha value is -1.54. The molecule has 0 amide bonds. The van der Waals surface area contributed by atoms with Crippen LogP contribution in [0.3, 0.4) is 0 Å². The average Bonchev–Trinajstić information content (AvgIpc) is 2.16. The maximum atomic E-state index is 10.5. The van der Waals surface area contributed by atoms with Crippen molar-refractivity contribution in [1.82, 2.24) is 4.98 Å². The highest BCUT2D eigenvalue weighted by Gasteiger charge is 2.13. The van der Waals surface area contributed by atoms with E-state index >= 15 is 0 Å². The number of carbonyl (C=O) groups is 1. The fourth-order valence-corrected chi connectivity index (χ4v) is 2.23. The highest BCUT2D eigenvalue weighted by molar-refractivity contribution is 7.99. The first kappa shape index (κ1) is 12.5. The molecule has 0 aliphatic heterocycles. The normalized spacial score (nSPS) is 11.8. The Kier molecular flexibility index (Phi) is 4.32. The molecule has 1 aromatic rings. The minimum Gasteiger partial charge on any atom is -0.481 e. The van der Waals surface area contributed by atoms with Gasteiger partial charge in [-0.2, -0.15) is 5.26 Å². The van der Waals surface area contributed by atoms with E-state index in [2.05, 4.69) is 11.1 Å². The second-order valence-corrected chi connectivity index (χ2v) is 4.87. The smallest absolute Gasteiger partial charge is 0.304 e. The van der Waals surface area contributed by atoms with Gasteiger partial charge in [-0.25, -0.2) is 4.98 Å². The molecule has 0 aromatic carbocycles. The number of rotatable bonds is 4. The molecule has 5 heteroatoms. The van der Waals surface area contributed by atoms with Gasteiger partial charge in [-0.1, -0.05) is 6.92 Å². The average molecular weight is 236 g/mol. The summed E-state index contributed by atoms with van der Waals surface area (Å²) in [5.41, 5.74) is 1.32. The van der Waals surface area contributed by atoms with Gasteiger partial charge in [-0.05, 0) is 19.1 Å². The first-order valence-electron chi connectivity index (χ1n) is 4.79. The largest absolute Gasteiger partial charge is 0.481 e. The molecule has 16 heavy (non-hydrogen) atoms. The van der Waals surface area contributed by atoms with Crippen LogP contribution in [0.1, 0.15) is 24.6 Å². The van der Waals surface area contributed by atoms with E-state index in [-0.39, 0.29) is 11.7 Å². The van der Waals surface area contributed by atoms with Crippen LogP contribution < -0.4 is 0 Å². The third kappa shape index (κ3) is 3.55. The van der Waals surface area contributed by atoms with Crippen molar-refractivity contribution in [3.8, 4) is 6.07 Å². The van der Waals surface area contributed by atoms with Gasteiger partial charge >= 0.3 is 5.97 Å². The molecule has 0 saturated heterocycles. The zero-order valence-electron chi connectivity index (χ0n) is 9.10. The van der Waals surface area contributed by atoms with Crippen LogP contribution in [0.5, 0.6) is 0 Å². The molecular weight excluding hydrogens is 224 g/mol. The molecule has 1 atom stereocenters. The monoisotopic (exact) mass is 236 g/mol. The summed E-state index contributed by atoms with van der Waals surface area (Å²) in [7, 11) is 0. The molecule has 1 heterocycles. The Morgan fingerprint density at radius 2 is 2.38 bits per heavy atom. The van der Waals surface area contributed by atoms with Gasteiger partial charge in [0.2, 0.25) is 0 Å². The number of aromatic nitrogens is 1. The van der Waals surface area contributed by atoms with Crippen molar-refractivity contribution in [2.45, 2.75) is 30.5 Å². The van der Waals surface area contributed by atoms with Gasteiger partial charge in [0.05, 0.1) is 12.0 Å². The number of thioether (sulfide) groups is 1. The fourth-order valence-electron chi connectivity index (χ4n) is 1.19. The van der Waals surface area contributed by atoms with Crippen LogP contribution in [-0.4, -0.2) is 21.3 Å². The van der Waals surface area contributed by atoms with Crippen molar-refractivity contribution >= 4 is 17.7 Å². The predicted molar refractivity (Wildman–Crippen MR) is 61.3 cm³/mol. The molecule has 4 nitrogen and oxygen atoms in total. The van der Waals surface area contributed by atoms with E-state index < -0.39 is 5.97 Å². The van der Waals surface area contributed by atoms with Gasteiger partial charge in [-0.3, -0.25) is 4.79 Å². The number of aryl methyl sites for hydroxylation is 1. The molecule has 0 bridgehead atoms. The van der Waals surface area contributed by atoms with Crippen molar-refractivity contribution in [2.24, 2.45) is 0 Å².